The molecule has 3 N–H and O–H groups in total. The fraction of sp³-hybridized carbons (Fsp3) is 0.455. The van der Waals surface area contributed by atoms with Gasteiger partial charge in [-0.2, -0.15) is 0 Å². The van der Waals surface area contributed by atoms with Crippen LogP contribution in [0.25, 0.3) is 0 Å². The molecule has 0 amide bonds. The Morgan fingerprint density at radius 2 is 2.38 bits per heavy atom. The van der Waals surface area contributed by atoms with Gasteiger partial charge < -0.3 is 15.7 Å². The second-order valence-electron chi connectivity index (χ2n) is 3.69. The second-order valence-corrected chi connectivity index (χ2v) is 3.69. The maximum absolute atomic E-state index is 11.1. The third kappa shape index (κ3) is 2.62. The molecule has 1 aromatic rings. The number of carboxylic acids is 1. The molecule has 1 atom stereocenters. The van der Waals surface area contributed by atoms with Crippen molar-refractivity contribution < 1.29 is 9.90 Å². The van der Waals surface area contributed by atoms with E-state index in [9.17, 15) is 4.79 Å². The van der Waals surface area contributed by atoms with Crippen molar-refractivity contribution in [2.45, 2.75) is 25.8 Å². The zero-order chi connectivity index (χ0) is 12.1. The van der Waals surface area contributed by atoms with Crippen LogP contribution in [0.15, 0.2) is 18.5 Å². The van der Waals surface area contributed by atoms with Crippen LogP contribution < -0.4 is 10.6 Å². The van der Waals surface area contributed by atoms with Crippen molar-refractivity contribution in [1.82, 2.24) is 4.98 Å². The molecular formula is C11H17N3O2. The Morgan fingerprint density at radius 1 is 1.69 bits per heavy atom. The number of nitrogens with two attached hydrogens (primary N) is 1. The molecule has 5 heteroatoms. The summed E-state index contributed by atoms with van der Waals surface area (Å²) >= 11 is 0. The number of rotatable bonds is 5. The molecule has 0 radical (unpaired) electrons. The lowest BCUT2D eigenvalue weighted by Gasteiger charge is -2.27. The van der Waals surface area contributed by atoms with Crippen LogP contribution in [-0.4, -0.2) is 29.1 Å². The number of anilines is 2. The Balaban J connectivity index is 2.94. The number of nitrogen functional groups attached to an aromatic ring is 1. The molecule has 5 nitrogen and oxygen atoms in total. The zero-order valence-electron chi connectivity index (χ0n) is 9.55. The maximum atomic E-state index is 11.1. The molecule has 0 aliphatic carbocycles. The minimum absolute atomic E-state index is 0.493. The molecular weight excluding hydrogens is 206 g/mol. The van der Waals surface area contributed by atoms with E-state index in [4.69, 9.17) is 10.8 Å². The lowest BCUT2D eigenvalue weighted by atomic mass is 10.1. The lowest BCUT2D eigenvalue weighted by Crippen LogP contribution is -2.38. The SMILES string of the molecule is CCCC(C(=O)O)N(C)c1ccncc1N. The minimum atomic E-state index is -0.833. The van der Waals surface area contributed by atoms with Gasteiger partial charge in [-0.15, -0.1) is 0 Å². The summed E-state index contributed by atoms with van der Waals surface area (Å²) in [7, 11) is 1.74. The van der Waals surface area contributed by atoms with Crippen LogP contribution >= 0.6 is 0 Å². The van der Waals surface area contributed by atoms with Crippen molar-refractivity contribution in [1.29, 1.82) is 0 Å². The number of likely N-dealkylation sites (N-methyl/N-ethyl adjacent to an activating group) is 1. The maximum Gasteiger partial charge on any atom is 0.326 e. The van der Waals surface area contributed by atoms with Gasteiger partial charge in [-0.05, 0) is 12.5 Å². The van der Waals surface area contributed by atoms with Crippen molar-refractivity contribution in [2.24, 2.45) is 0 Å². The quantitative estimate of drug-likeness (QED) is 0.787. The summed E-state index contributed by atoms with van der Waals surface area (Å²) in [6, 6.07) is 1.18. The van der Waals surface area contributed by atoms with Crippen LogP contribution in [0.2, 0.25) is 0 Å². The summed E-state index contributed by atoms with van der Waals surface area (Å²) in [4.78, 5) is 16.7. The minimum Gasteiger partial charge on any atom is -0.480 e. The van der Waals surface area contributed by atoms with Gasteiger partial charge in [0, 0.05) is 13.2 Å². The summed E-state index contributed by atoms with van der Waals surface area (Å²) in [5.41, 5.74) is 6.96. The molecule has 1 heterocycles. The number of carbonyl (C=O) groups is 1. The fourth-order valence-corrected chi connectivity index (χ4v) is 1.64. The molecule has 16 heavy (non-hydrogen) atoms. The van der Waals surface area contributed by atoms with Crippen molar-refractivity contribution in [3.05, 3.63) is 18.5 Å². The Hall–Kier alpha value is -1.78. The van der Waals surface area contributed by atoms with Crippen LogP contribution in [0.3, 0.4) is 0 Å². The van der Waals surface area contributed by atoms with Gasteiger partial charge in [0.15, 0.2) is 0 Å². The summed E-state index contributed by atoms with van der Waals surface area (Å²) in [6.07, 6.45) is 4.53. The Bertz CT molecular complexity index is 368. The molecule has 0 spiro atoms. The van der Waals surface area contributed by atoms with E-state index < -0.39 is 12.0 Å². The van der Waals surface area contributed by atoms with E-state index in [1.165, 1.54) is 6.20 Å². The monoisotopic (exact) mass is 223 g/mol. The molecule has 1 unspecified atom stereocenters. The van der Waals surface area contributed by atoms with Crippen molar-refractivity contribution in [3.8, 4) is 0 Å². The van der Waals surface area contributed by atoms with Gasteiger partial charge in [0.05, 0.1) is 17.6 Å². The first-order valence-corrected chi connectivity index (χ1v) is 5.23. The highest BCUT2D eigenvalue weighted by atomic mass is 16.4. The highest BCUT2D eigenvalue weighted by molar-refractivity contribution is 5.80. The van der Waals surface area contributed by atoms with Gasteiger partial charge in [0.2, 0.25) is 0 Å². The van der Waals surface area contributed by atoms with Gasteiger partial charge in [-0.25, -0.2) is 4.79 Å². The number of nitrogens with zero attached hydrogens (tertiary/aromatic N) is 2. The van der Waals surface area contributed by atoms with Gasteiger partial charge in [0.1, 0.15) is 6.04 Å². The van der Waals surface area contributed by atoms with E-state index in [0.717, 1.165) is 6.42 Å². The van der Waals surface area contributed by atoms with Gasteiger partial charge in [-0.3, -0.25) is 4.98 Å². The van der Waals surface area contributed by atoms with Gasteiger partial charge in [0.25, 0.3) is 0 Å². The summed E-state index contributed by atoms with van der Waals surface area (Å²) in [5, 5.41) is 9.13. The average molecular weight is 223 g/mol. The highest BCUT2D eigenvalue weighted by Crippen LogP contribution is 2.23. The van der Waals surface area contributed by atoms with Crippen LogP contribution in [0.4, 0.5) is 11.4 Å². The molecule has 0 saturated heterocycles. The zero-order valence-corrected chi connectivity index (χ0v) is 9.55. The van der Waals surface area contributed by atoms with E-state index in [0.29, 0.717) is 17.8 Å². The van der Waals surface area contributed by atoms with Crippen molar-refractivity contribution >= 4 is 17.3 Å². The van der Waals surface area contributed by atoms with Crippen LogP contribution in [0.5, 0.6) is 0 Å². The normalized spacial score (nSPS) is 12.1. The Kier molecular flexibility index (Phi) is 4.10. The van der Waals surface area contributed by atoms with E-state index in [1.807, 2.05) is 6.92 Å². The third-order valence-electron chi connectivity index (χ3n) is 2.52. The molecule has 0 aliphatic heterocycles. The lowest BCUT2D eigenvalue weighted by molar-refractivity contribution is -0.138. The average Bonchev–Trinajstić information content (AvgIpc) is 2.25. The first-order chi connectivity index (χ1) is 7.57. The number of carboxylic acid groups (broad SMARTS) is 1. The molecule has 0 aromatic carbocycles. The molecule has 0 bridgehead atoms. The molecule has 1 rings (SSSR count). The Labute approximate surface area is 94.9 Å². The molecule has 0 aliphatic rings. The standard InChI is InChI=1S/C11H17N3O2/c1-3-4-10(11(15)16)14(2)9-5-6-13-7-8(9)12/h5-7,10H,3-4,12H2,1-2H3,(H,15,16). The first kappa shape index (κ1) is 12.3. The topological polar surface area (TPSA) is 79.5 Å². The fourth-order valence-electron chi connectivity index (χ4n) is 1.64. The number of aliphatic carboxylic acids is 1. The molecule has 0 saturated carbocycles. The second kappa shape index (κ2) is 5.34. The Morgan fingerprint density at radius 3 is 2.88 bits per heavy atom. The summed E-state index contributed by atoms with van der Waals surface area (Å²) < 4.78 is 0. The van der Waals surface area contributed by atoms with E-state index in [-0.39, 0.29) is 0 Å². The van der Waals surface area contributed by atoms with Crippen LogP contribution in [0, 0.1) is 0 Å². The summed E-state index contributed by atoms with van der Waals surface area (Å²) in [6.45, 7) is 1.96. The molecule has 0 fully saturated rings. The first-order valence-electron chi connectivity index (χ1n) is 5.23. The number of aromatic nitrogens is 1. The van der Waals surface area contributed by atoms with E-state index >= 15 is 0 Å². The van der Waals surface area contributed by atoms with Crippen molar-refractivity contribution in [2.75, 3.05) is 17.7 Å². The summed E-state index contributed by atoms with van der Waals surface area (Å²) in [5.74, 6) is -0.833. The smallest absolute Gasteiger partial charge is 0.326 e. The van der Waals surface area contributed by atoms with Crippen LogP contribution in [0.1, 0.15) is 19.8 Å². The van der Waals surface area contributed by atoms with E-state index in [2.05, 4.69) is 4.98 Å². The highest BCUT2D eigenvalue weighted by Gasteiger charge is 2.22. The number of hydrogen-bond donors (Lipinski definition) is 2. The number of pyridine rings is 1. The molecule has 1 aromatic heterocycles. The predicted octanol–water partition coefficient (Wildman–Crippen LogP) is 1.35. The van der Waals surface area contributed by atoms with Gasteiger partial charge >= 0.3 is 5.97 Å². The molecule has 88 valence electrons. The van der Waals surface area contributed by atoms with E-state index in [1.54, 1.807) is 24.2 Å². The largest absolute Gasteiger partial charge is 0.480 e. The third-order valence-corrected chi connectivity index (χ3v) is 2.52. The number of hydrogen-bond acceptors (Lipinski definition) is 4. The van der Waals surface area contributed by atoms with Crippen molar-refractivity contribution in [3.63, 3.8) is 0 Å². The van der Waals surface area contributed by atoms with Gasteiger partial charge in [-0.1, -0.05) is 13.3 Å². The predicted molar refractivity (Wildman–Crippen MR) is 63.4 cm³/mol. The van der Waals surface area contributed by atoms with Crippen LogP contribution in [-0.2, 0) is 4.79 Å².